The van der Waals surface area contributed by atoms with E-state index >= 15 is 0 Å². The van der Waals surface area contributed by atoms with Gasteiger partial charge >= 0.3 is 6.09 Å². The van der Waals surface area contributed by atoms with Crippen LogP contribution in [0.15, 0.2) is 65.7 Å². The van der Waals surface area contributed by atoms with Gasteiger partial charge in [-0.1, -0.05) is 18.2 Å². The van der Waals surface area contributed by atoms with Crippen molar-refractivity contribution in [3.8, 4) is 0 Å². The second-order valence-corrected chi connectivity index (χ2v) is 10.5. The van der Waals surface area contributed by atoms with E-state index in [0.717, 1.165) is 35.1 Å². The molecule has 1 aliphatic heterocycles. The lowest BCUT2D eigenvalue weighted by Crippen LogP contribution is -2.43. The number of nitrogens with zero attached hydrogens (tertiary/aromatic N) is 2. The molecule has 1 unspecified atom stereocenters. The molecule has 1 N–H and O–H groups in total. The summed E-state index contributed by atoms with van der Waals surface area (Å²) in [6.45, 7) is 7.08. The summed E-state index contributed by atoms with van der Waals surface area (Å²) in [6, 6.07) is 17.2. The van der Waals surface area contributed by atoms with Crippen molar-refractivity contribution in [1.82, 2.24) is 9.88 Å². The van der Waals surface area contributed by atoms with Gasteiger partial charge in [-0.15, -0.1) is 11.8 Å². The molecule has 2 amide bonds. The van der Waals surface area contributed by atoms with E-state index in [1.807, 2.05) is 56.0 Å². The van der Waals surface area contributed by atoms with Gasteiger partial charge < -0.3 is 15.0 Å². The van der Waals surface area contributed by atoms with Crippen LogP contribution in [0.25, 0.3) is 10.8 Å². The lowest BCUT2D eigenvalue weighted by Gasteiger charge is -2.33. The van der Waals surface area contributed by atoms with E-state index < -0.39 is 5.60 Å². The van der Waals surface area contributed by atoms with Gasteiger partial charge in [-0.3, -0.25) is 4.79 Å². The molecule has 2 aromatic carbocycles. The molecule has 0 spiro atoms. The van der Waals surface area contributed by atoms with Crippen molar-refractivity contribution in [2.75, 3.05) is 18.4 Å². The minimum atomic E-state index is -0.489. The van der Waals surface area contributed by atoms with E-state index in [1.54, 1.807) is 30.1 Å². The van der Waals surface area contributed by atoms with Crippen LogP contribution >= 0.6 is 11.8 Å². The number of piperidine rings is 1. The van der Waals surface area contributed by atoms with Crippen molar-refractivity contribution in [2.45, 2.75) is 49.4 Å². The number of fused-ring (bicyclic) bond motifs is 1. The quantitative estimate of drug-likeness (QED) is 0.515. The third-order valence-electron chi connectivity index (χ3n) is 5.34. The van der Waals surface area contributed by atoms with E-state index in [4.69, 9.17) is 4.74 Å². The number of thioether (sulfide) groups is 1. The second-order valence-electron chi connectivity index (χ2n) is 9.17. The van der Waals surface area contributed by atoms with Gasteiger partial charge in [-0.2, -0.15) is 0 Å². The van der Waals surface area contributed by atoms with E-state index in [-0.39, 0.29) is 12.0 Å². The normalized spacial score (nSPS) is 16.5. The zero-order valence-electron chi connectivity index (χ0n) is 19.2. The van der Waals surface area contributed by atoms with Gasteiger partial charge in [0.1, 0.15) is 11.4 Å². The molecule has 1 aromatic heterocycles. The Kier molecular flexibility index (Phi) is 6.88. The summed E-state index contributed by atoms with van der Waals surface area (Å²) in [7, 11) is 0. The molecule has 0 saturated carbocycles. The number of pyridine rings is 1. The maximum absolute atomic E-state index is 12.6. The molecule has 7 heteroatoms. The Labute approximate surface area is 198 Å². The van der Waals surface area contributed by atoms with Crippen molar-refractivity contribution >= 4 is 40.4 Å². The monoisotopic (exact) mass is 463 g/mol. The van der Waals surface area contributed by atoms with Crippen molar-refractivity contribution in [3.05, 3.63) is 66.4 Å². The first-order chi connectivity index (χ1) is 15.8. The fraction of sp³-hybridized carbons (Fsp3) is 0.346. The molecule has 0 radical (unpaired) electrons. The number of rotatable bonds is 4. The van der Waals surface area contributed by atoms with Crippen LogP contribution in [0.4, 0.5) is 10.6 Å². The maximum Gasteiger partial charge on any atom is 0.410 e. The molecule has 33 heavy (non-hydrogen) atoms. The number of carbonyl (C=O) groups excluding carboxylic acids is 2. The molecular formula is C26H29N3O3S. The SMILES string of the molecule is CC(C)(C)OC(=O)N1CCCC(Sc2ccc3c(NC(=O)c4ccccc4)nccc3c2)C1. The van der Waals surface area contributed by atoms with Gasteiger partial charge in [-0.25, -0.2) is 9.78 Å². The zero-order chi connectivity index (χ0) is 23.4. The molecule has 4 rings (SSSR count). The number of hydrogen-bond acceptors (Lipinski definition) is 5. The van der Waals surface area contributed by atoms with Crippen molar-refractivity contribution in [3.63, 3.8) is 0 Å². The van der Waals surface area contributed by atoms with Gasteiger partial charge in [-0.05, 0) is 75.4 Å². The molecule has 6 nitrogen and oxygen atoms in total. The van der Waals surface area contributed by atoms with E-state index in [0.29, 0.717) is 23.2 Å². The Morgan fingerprint density at radius 2 is 1.91 bits per heavy atom. The Morgan fingerprint density at radius 3 is 2.67 bits per heavy atom. The zero-order valence-corrected chi connectivity index (χ0v) is 20.0. The lowest BCUT2D eigenvalue weighted by molar-refractivity contribution is 0.0220. The Hall–Kier alpha value is -3.06. The average molecular weight is 464 g/mol. The number of hydrogen-bond donors (Lipinski definition) is 1. The molecule has 3 aromatic rings. The highest BCUT2D eigenvalue weighted by Crippen LogP contribution is 2.33. The summed E-state index contributed by atoms with van der Waals surface area (Å²) in [5.41, 5.74) is 0.104. The standard InChI is InChI=1S/C26H29N3O3S/c1-26(2,3)32-25(31)29-15-7-10-21(17-29)33-20-11-12-22-19(16-20)13-14-27-23(22)28-24(30)18-8-5-4-6-9-18/h4-6,8-9,11-14,16,21H,7,10,15,17H2,1-3H3,(H,27,28,30). The summed E-state index contributed by atoms with van der Waals surface area (Å²) < 4.78 is 5.55. The van der Waals surface area contributed by atoms with Crippen molar-refractivity contribution in [2.24, 2.45) is 0 Å². The predicted molar refractivity (Wildman–Crippen MR) is 133 cm³/mol. The molecule has 0 aliphatic carbocycles. The summed E-state index contributed by atoms with van der Waals surface area (Å²) in [5.74, 6) is 0.366. The maximum atomic E-state index is 12.6. The van der Waals surface area contributed by atoms with Crippen molar-refractivity contribution < 1.29 is 14.3 Å². The molecule has 1 saturated heterocycles. The van der Waals surface area contributed by atoms with E-state index in [9.17, 15) is 9.59 Å². The Balaban J connectivity index is 1.45. The van der Waals surface area contributed by atoms with Crippen LogP contribution in [-0.4, -0.2) is 45.8 Å². The second kappa shape index (κ2) is 9.83. The summed E-state index contributed by atoms with van der Waals surface area (Å²) >= 11 is 1.78. The highest BCUT2D eigenvalue weighted by Gasteiger charge is 2.28. The third-order valence-corrected chi connectivity index (χ3v) is 6.58. The summed E-state index contributed by atoms with van der Waals surface area (Å²) in [5, 5.41) is 5.14. The smallest absolute Gasteiger partial charge is 0.410 e. The predicted octanol–water partition coefficient (Wildman–Crippen LogP) is 5.98. The van der Waals surface area contributed by atoms with E-state index in [2.05, 4.69) is 22.4 Å². The average Bonchev–Trinajstić information content (AvgIpc) is 2.79. The number of anilines is 1. The summed E-state index contributed by atoms with van der Waals surface area (Å²) in [6.07, 6.45) is 3.49. The van der Waals surface area contributed by atoms with E-state index in [1.165, 1.54) is 0 Å². The molecule has 0 bridgehead atoms. The van der Waals surface area contributed by atoms with Crippen LogP contribution in [-0.2, 0) is 4.74 Å². The topological polar surface area (TPSA) is 71.5 Å². The number of ether oxygens (including phenoxy) is 1. The summed E-state index contributed by atoms with van der Waals surface area (Å²) in [4.78, 5) is 32.4. The fourth-order valence-corrected chi connectivity index (χ4v) is 5.08. The van der Waals surface area contributed by atoms with Crippen LogP contribution in [0.3, 0.4) is 0 Å². The van der Waals surface area contributed by atoms with Gasteiger partial charge in [0.15, 0.2) is 0 Å². The molecule has 1 aliphatic rings. The minimum absolute atomic E-state index is 0.182. The van der Waals surface area contributed by atoms with Crippen LogP contribution in [0.2, 0.25) is 0 Å². The number of benzene rings is 2. The highest BCUT2D eigenvalue weighted by molar-refractivity contribution is 8.00. The van der Waals surface area contributed by atoms with Gasteiger partial charge in [0.25, 0.3) is 5.91 Å². The van der Waals surface area contributed by atoms with Crippen LogP contribution < -0.4 is 5.32 Å². The largest absolute Gasteiger partial charge is 0.444 e. The van der Waals surface area contributed by atoms with Gasteiger partial charge in [0.05, 0.1) is 0 Å². The Bertz CT molecular complexity index is 1140. The molecular weight excluding hydrogens is 434 g/mol. The van der Waals surface area contributed by atoms with Gasteiger partial charge in [0, 0.05) is 40.4 Å². The van der Waals surface area contributed by atoms with Crippen LogP contribution in [0.5, 0.6) is 0 Å². The number of amides is 2. The van der Waals surface area contributed by atoms with Crippen LogP contribution in [0.1, 0.15) is 44.0 Å². The minimum Gasteiger partial charge on any atom is -0.444 e. The number of nitrogens with one attached hydrogen (secondary N) is 1. The number of aromatic nitrogens is 1. The Morgan fingerprint density at radius 1 is 1.12 bits per heavy atom. The first-order valence-corrected chi connectivity index (χ1v) is 12.1. The fourth-order valence-electron chi connectivity index (χ4n) is 3.82. The highest BCUT2D eigenvalue weighted by atomic mass is 32.2. The molecule has 1 fully saturated rings. The number of carbonyl (C=O) groups is 2. The van der Waals surface area contributed by atoms with Crippen LogP contribution in [0, 0.1) is 0 Å². The van der Waals surface area contributed by atoms with Crippen molar-refractivity contribution in [1.29, 1.82) is 0 Å². The molecule has 172 valence electrons. The lowest BCUT2D eigenvalue weighted by atomic mass is 10.1. The first-order valence-electron chi connectivity index (χ1n) is 11.2. The number of likely N-dealkylation sites (tertiary alicyclic amines) is 1. The first kappa shape index (κ1) is 23.1. The molecule has 2 heterocycles. The third kappa shape index (κ3) is 6.05. The molecule has 1 atom stereocenters. The van der Waals surface area contributed by atoms with Gasteiger partial charge in [0.2, 0.25) is 0 Å².